The van der Waals surface area contributed by atoms with Gasteiger partial charge in [0.2, 0.25) is 5.65 Å². The number of benzene rings is 2. The predicted molar refractivity (Wildman–Crippen MR) is 97.0 cm³/mol. The quantitative estimate of drug-likeness (QED) is 0.514. The van der Waals surface area contributed by atoms with Crippen LogP contribution in [0.4, 0.5) is 5.82 Å². The average Bonchev–Trinajstić information content (AvgIpc) is 2.73. The summed E-state index contributed by atoms with van der Waals surface area (Å²) in [7, 11) is 0. The van der Waals surface area contributed by atoms with E-state index in [1.54, 1.807) is 0 Å². The Labute approximate surface area is 149 Å². The Hall–Kier alpha value is -4.16. The fourth-order valence-electron chi connectivity index (χ4n) is 2.62. The molecular formula is C20H10N6. The molecule has 0 bridgehead atoms. The number of nitriles is 1. The van der Waals surface area contributed by atoms with Gasteiger partial charge in [-0.15, -0.1) is 0 Å². The van der Waals surface area contributed by atoms with E-state index in [1.807, 2.05) is 66.7 Å². The van der Waals surface area contributed by atoms with Crippen molar-refractivity contribution in [1.29, 1.82) is 5.26 Å². The lowest BCUT2D eigenvalue weighted by Gasteiger charge is -2.09. The van der Waals surface area contributed by atoms with Crippen LogP contribution in [0.25, 0.3) is 38.7 Å². The van der Waals surface area contributed by atoms with Crippen molar-refractivity contribution in [2.75, 3.05) is 0 Å². The topological polar surface area (TPSA) is 79.7 Å². The molecule has 0 amide bonds. The number of hydrogen-bond acceptors (Lipinski definition) is 5. The molecule has 2 aromatic heterocycles. The highest BCUT2D eigenvalue weighted by molar-refractivity contribution is 5.84. The van der Waals surface area contributed by atoms with Crippen LogP contribution in [-0.4, -0.2) is 19.9 Å². The summed E-state index contributed by atoms with van der Waals surface area (Å²) in [4.78, 5) is 20.8. The van der Waals surface area contributed by atoms with E-state index in [9.17, 15) is 5.26 Å². The summed E-state index contributed by atoms with van der Waals surface area (Å²) in [6.45, 7) is 7.18. The van der Waals surface area contributed by atoms with Crippen molar-refractivity contribution in [3.63, 3.8) is 0 Å². The molecule has 6 nitrogen and oxygen atoms in total. The SMILES string of the molecule is [C-]#[N+]c1nc2nc(-c3ccccc3)c(-c3ccccc3)nc2nc1C#N. The lowest BCUT2D eigenvalue weighted by atomic mass is 10.0. The second kappa shape index (κ2) is 6.39. The molecule has 0 atom stereocenters. The van der Waals surface area contributed by atoms with Gasteiger partial charge >= 0.3 is 5.82 Å². The molecule has 0 radical (unpaired) electrons. The van der Waals surface area contributed by atoms with E-state index >= 15 is 0 Å². The van der Waals surface area contributed by atoms with E-state index in [0.717, 1.165) is 11.1 Å². The number of rotatable bonds is 2. The normalized spacial score (nSPS) is 10.2. The molecular weight excluding hydrogens is 324 g/mol. The summed E-state index contributed by atoms with van der Waals surface area (Å²) in [5.74, 6) is -0.0687. The maximum absolute atomic E-state index is 9.18. The molecule has 4 aromatic rings. The van der Waals surface area contributed by atoms with E-state index in [2.05, 4.69) is 24.8 Å². The van der Waals surface area contributed by atoms with Gasteiger partial charge in [0.25, 0.3) is 5.65 Å². The van der Waals surface area contributed by atoms with Crippen molar-refractivity contribution < 1.29 is 0 Å². The summed E-state index contributed by atoms with van der Waals surface area (Å²) < 4.78 is 0. The van der Waals surface area contributed by atoms with E-state index in [4.69, 9.17) is 6.57 Å². The number of nitrogens with zero attached hydrogens (tertiary/aromatic N) is 6. The highest BCUT2D eigenvalue weighted by atomic mass is 15.0. The Morgan fingerprint density at radius 1 is 0.731 bits per heavy atom. The van der Waals surface area contributed by atoms with Crippen molar-refractivity contribution in [3.8, 4) is 28.6 Å². The Bertz CT molecular complexity index is 1090. The van der Waals surface area contributed by atoms with Crippen LogP contribution in [0.15, 0.2) is 60.7 Å². The lowest BCUT2D eigenvalue weighted by molar-refractivity contribution is 1.15. The molecule has 0 spiro atoms. The molecule has 0 aliphatic carbocycles. The molecule has 0 N–H and O–H groups in total. The largest absolute Gasteiger partial charge is 0.358 e. The van der Waals surface area contributed by atoms with Crippen molar-refractivity contribution in [1.82, 2.24) is 19.9 Å². The van der Waals surface area contributed by atoms with Crippen molar-refractivity contribution in [2.24, 2.45) is 0 Å². The Morgan fingerprint density at radius 3 is 1.69 bits per heavy atom. The summed E-state index contributed by atoms with van der Waals surface area (Å²) >= 11 is 0. The van der Waals surface area contributed by atoms with Crippen LogP contribution >= 0.6 is 0 Å². The van der Waals surface area contributed by atoms with Crippen molar-refractivity contribution in [3.05, 3.63) is 77.8 Å². The minimum atomic E-state index is -0.0687. The summed E-state index contributed by atoms with van der Waals surface area (Å²) in [6.07, 6.45) is 0. The summed E-state index contributed by atoms with van der Waals surface area (Å²) in [6, 6.07) is 21.2. The third kappa shape index (κ3) is 2.62. The molecule has 2 heterocycles. The van der Waals surface area contributed by atoms with Gasteiger partial charge in [-0.1, -0.05) is 72.2 Å². The third-order valence-corrected chi connectivity index (χ3v) is 3.81. The summed E-state index contributed by atoms with van der Waals surface area (Å²) in [5, 5.41) is 9.18. The number of hydrogen-bond donors (Lipinski definition) is 0. The number of aromatic nitrogens is 4. The minimum absolute atomic E-state index is 0.0479. The second-order valence-corrected chi connectivity index (χ2v) is 5.42. The van der Waals surface area contributed by atoms with E-state index in [0.29, 0.717) is 11.4 Å². The van der Waals surface area contributed by atoms with Crippen LogP contribution in [0.2, 0.25) is 0 Å². The van der Waals surface area contributed by atoms with Crippen LogP contribution < -0.4 is 0 Å². The molecule has 2 aromatic carbocycles. The fraction of sp³-hybridized carbons (Fsp3) is 0. The molecule has 4 rings (SSSR count). The van der Waals surface area contributed by atoms with Gasteiger partial charge in [-0.3, -0.25) is 0 Å². The first-order valence-corrected chi connectivity index (χ1v) is 7.78. The molecule has 26 heavy (non-hydrogen) atoms. The van der Waals surface area contributed by atoms with Gasteiger partial charge < -0.3 is 4.85 Å². The molecule has 0 aliphatic rings. The first-order chi connectivity index (χ1) is 12.8. The zero-order valence-corrected chi connectivity index (χ0v) is 13.5. The Balaban J connectivity index is 2.07. The average molecular weight is 334 g/mol. The molecule has 0 saturated carbocycles. The fourth-order valence-corrected chi connectivity index (χ4v) is 2.62. The highest BCUT2D eigenvalue weighted by Crippen LogP contribution is 2.30. The van der Waals surface area contributed by atoms with Gasteiger partial charge in [-0.2, -0.15) is 5.26 Å². The maximum atomic E-state index is 9.18. The van der Waals surface area contributed by atoms with E-state index in [-0.39, 0.29) is 22.8 Å². The first kappa shape index (κ1) is 15.4. The number of fused-ring (bicyclic) bond motifs is 1. The van der Waals surface area contributed by atoms with Gasteiger partial charge in [-0.25, -0.2) is 15.0 Å². The Morgan fingerprint density at radius 2 is 1.23 bits per heavy atom. The van der Waals surface area contributed by atoms with Gasteiger partial charge in [0.1, 0.15) is 11.8 Å². The molecule has 0 saturated heterocycles. The van der Waals surface area contributed by atoms with Crippen LogP contribution in [0.3, 0.4) is 0 Å². The van der Waals surface area contributed by atoms with Gasteiger partial charge in [0, 0.05) is 11.1 Å². The molecule has 0 aliphatic heterocycles. The highest BCUT2D eigenvalue weighted by Gasteiger charge is 2.18. The standard InChI is InChI=1S/C20H10N6/c1-22-18-15(12-21)23-19-20(26-18)25-17(14-10-6-3-7-11-14)16(24-19)13-8-4-2-5-9-13/h2-11H. The van der Waals surface area contributed by atoms with Gasteiger partial charge in [0.05, 0.1) is 5.69 Å². The van der Waals surface area contributed by atoms with E-state index < -0.39 is 0 Å². The monoisotopic (exact) mass is 334 g/mol. The second-order valence-electron chi connectivity index (χ2n) is 5.42. The first-order valence-electron chi connectivity index (χ1n) is 7.78. The molecule has 120 valence electrons. The molecule has 6 heteroatoms. The van der Waals surface area contributed by atoms with Crippen LogP contribution in [0.5, 0.6) is 0 Å². The zero-order chi connectivity index (χ0) is 17.9. The minimum Gasteiger partial charge on any atom is -0.358 e. The van der Waals surface area contributed by atoms with Crippen LogP contribution in [0.1, 0.15) is 5.69 Å². The van der Waals surface area contributed by atoms with Crippen LogP contribution in [0, 0.1) is 17.9 Å². The van der Waals surface area contributed by atoms with Crippen molar-refractivity contribution >= 4 is 17.1 Å². The Kier molecular flexibility index (Phi) is 3.78. The molecule has 0 unspecified atom stereocenters. The molecule has 0 fully saturated rings. The smallest absolute Gasteiger partial charge is 0.308 e. The maximum Gasteiger partial charge on any atom is 0.308 e. The summed E-state index contributed by atoms with van der Waals surface area (Å²) in [5.41, 5.74) is 3.51. The van der Waals surface area contributed by atoms with Gasteiger partial charge in [0.15, 0.2) is 5.69 Å². The van der Waals surface area contributed by atoms with Gasteiger partial charge in [-0.05, 0) is 0 Å². The lowest BCUT2D eigenvalue weighted by Crippen LogP contribution is -2.00. The van der Waals surface area contributed by atoms with E-state index in [1.165, 1.54) is 0 Å². The third-order valence-electron chi connectivity index (χ3n) is 3.81. The predicted octanol–water partition coefficient (Wildman–Crippen LogP) is 4.18. The zero-order valence-electron chi connectivity index (χ0n) is 13.5. The van der Waals surface area contributed by atoms with Crippen molar-refractivity contribution in [2.45, 2.75) is 0 Å². The van der Waals surface area contributed by atoms with Crippen LogP contribution in [-0.2, 0) is 0 Å².